The number of nitrogens with zero attached hydrogens (tertiary/aromatic N) is 4. The minimum atomic E-state index is -0.0224. The number of thiazole rings is 2. The maximum absolute atomic E-state index is 13.6. The number of phenols is 2. The van der Waals surface area contributed by atoms with E-state index in [2.05, 4.69) is 34.1 Å². The van der Waals surface area contributed by atoms with Crippen molar-refractivity contribution in [2.75, 3.05) is 22.9 Å². The van der Waals surface area contributed by atoms with Gasteiger partial charge in [-0.15, -0.1) is 0 Å². The monoisotopic (exact) mass is 998 g/mol. The van der Waals surface area contributed by atoms with Crippen molar-refractivity contribution in [1.82, 2.24) is 9.97 Å². The lowest BCUT2D eigenvalue weighted by molar-refractivity contribution is 0.103. The molecule has 73 heavy (non-hydrogen) atoms. The number of benzene rings is 8. The number of aromatic nitrogens is 2. The molecule has 0 aliphatic rings. The fraction of sp³-hybridized carbons (Fsp3) is 0.0968. The van der Waals surface area contributed by atoms with E-state index in [1.54, 1.807) is 24.3 Å². The van der Waals surface area contributed by atoms with Gasteiger partial charge < -0.3 is 25.5 Å². The summed E-state index contributed by atoms with van der Waals surface area (Å²) < 4.78 is 0. The number of ketones is 2. The quantitative estimate of drug-likeness (QED) is 0.0811. The highest BCUT2D eigenvalue weighted by Gasteiger charge is 2.25. The van der Waals surface area contributed by atoms with Crippen molar-refractivity contribution < 1.29 is 25.3 Å². The molecule has 4 N–H and O–H groups in total. The third-order valence-electron chi connectivity index (χ3n) is 12.0. The topological polar surface area (TPSA) is 138 Å². The Balaban J connectivity index is 0.000000192. The van der Waals surface area contributed by atoms with E-state index < -0.39 is 0 Å². The lowest BCUT2D eigenvalue weighted by Crippen LogP contribution is -2.25. The van der Waals surface area contributed by atoms with Gasteiger partial charge in [-0.1, -0.05) is 229 Å². The summed E-state index contributed by atoms with van der Waals surface area (Å²) in [5.74, 6) is 0.438. The van der Waals surface area contributed by atoms with Crippen molar-refractivity contribution in [1.29, 1.82) is 0 Å². The van der Waals surface area contributed by atoms with E-state index in [9.17, 15) is 19.8 Å². The van der Waals surface area contributed by atoms with Crippen LogP contribution in [0.3, 0.4) is 0 Å². The molecule has 0 fully saturated rings. The molecule has 0 saturated carbocycles. The predicted octanol–water partition coefficient (Wildman–Crippen LogP) is 13.2. The first-order chi connectivity index (χ1) is 35.3. The van der Waals surface area contributed by atoms with E-state index in [1.165, 1.54) is 33.8 Å². The number of hydrogen-bond acceptors (Lipinski definition) is 10. The number of carbonyl (C=O) groups is 2. The Kier molecular flexibility index (Phi) is 17.5. The summed E-state index contributed by atoms with van der Waals surface area (Å²) in [7, 11) is 0. The summed E-state index contributed by atoms with van der Waals surface area (Å²) in [5, 5.41) is 21.1. The molecule has 2 heterocycles. The largest absolute Gasteiger partial charge is 0.508 e. The molecule has 9 nitrogen and oxygen atoms in total. The molecular formula is C62H54N4O5S2. The van der Waals surface area contributed by atoms with E-state index in [-0.39, 0.29) is 28.5 Å². The Morgan fingerprint density at radius 1 is 0.384 bits per heavy atom. The van der Waals surface area contributed by atoms with E-state index in [0.29, 0.717) is 45.4 Å². The zero-order chi connectivity index (χ0) is 49.5. The van der Waals surface area contributed by atoms with Crippen molar-refractivity contribution in [2.24, 2.45) is 0 Å². The molecule has 2 aromatic heterocycles. The van der Waals surface area contributed by atoms with Crippen LogP contribution in [0, 0.1) is 0 Å². The van der Waals surface area contributed by atoms with Crippen molar-refractivity contribution in [2.45, 2.75) is 25.9 Å². The van der Waals surface area contributed by atoms with Crippen molar-refractivity contribution in [3.63, 3.8) is 0 Å². The fourth-order valence-electron chi connectivity index (χ4n) is 8.17. The van der Waals surface area contributed by atoms with E-state index in [4.69, 9.17) is 9.97 Å². The lowest BCUT2D eigenvalue weighted by Gasteiger charge is -2.22. The first-order valence-corrected chi connectivity index (χ1v) is 25.4. The van der Waals surface area contributed by atoms with Crippen molar-refractivity contribution >= 4 is 44.5 Å². The Morgan fingerprint density at radius 3 is 1.01 bits per heavy atom. The maximum atomic E-state index is 13.6. The summed E-state index contributed by atoms with van der Waals surface area (Å²) in [6, 6.07) is 73.8. The van der Waals surface area contributed by atoms with Gasteiger partial charge >= 0.3 is 0 Å². The molecule has 8 aromatic carbocycles. The van der Waals surface area contributed by atoms with Gasteiger partial charge in [-0.25, -0.2) is 9.97 Å². The van der Waals surface area contributed by atoms with Gasteiger partial charge in [0.15, 0.2) is 10.3 Å². The van der Waals surface area contributed by atoms with Gasteiger partial charge in [0.25, 0.3) is 0 Å². The van der Waals surface area contributed by atoms with E-state index in [1.807, 2.05) is 182 Å². The van der Waals surface area contributed by atoms with Crippen molar-refractivity contribution in [3.05, 3.63) is 274 Å². The Bertz CT molecular complexity index is 3060. The highest BCUT2D eigenvalue weighted by molar-refractivity contribution is 7.18. The summed E-state index contributed by atoms with van der Waals surface area (Å²) in [4.78, 5) is 42.9. The van der Waals surface area contributed by atoms with Crippen LogP contribution in [-0.2, 0) is 25.9 Å². The highest BCUT2D eigenvalue weighted by atomic mass is 32.1. The number of aromatic hydroxyl groups is 2. The normalized spacial score (nSPS) is 10.6. The molecule has 364 valence electrons. The molecule has 0 amide bonds. The SMILES string of the molecule is O.O=C(c1ccccc1)c1sc(N(CCc2ccccc2)Cc2ccc(O)cc2)nc1-c1ccccc1.O=C(c1ccccc1)c1sc(N(CCc2ccccc2)Cc2ccc(O)cc2)nc1-c1ccccc1. The average Bonchev–Trinajstić information content (AvgIpc) is 4.10. The van der Waals surface area contributed by atoms with Crippen LogP contribution in [0.25, 0.3) is 22.5 Å². The second-order valence-corrected chi connectivity index (χ2v) is 19.1. The van der Waals surface area contributed by atoms with Gasteiger partial charge in [0.05, 0.1) is 11.4 Å². The average molecular weight is 999 g/mol. The van der Waals surface area contributed by atoms with Gasteiger partial charge in [0.2, 0.25) is 11.6 Å². The minimum Gasteiger partial charge on any atom is -0.508 e. The van der Waals surface area contributed by atoms with E-state index >= 15 is 0 Å². The minimum absolute atomic E-state index is 0. The van der Waals surface area contributed by atoms with Crippen LogP contribution in [0.4, 0.5) is 10.3 Å². The molecule has 0 radical (unpaired) electrons. The summed E-state index contributed by atoms with van der Waals surface area (Å²) in [5.41, 5.74) is 9.18. The summed E-state index contributed by atoms with van der Waals surface area (Å²) >= 11 is 2.88. The molecular weight excluding hydrogens is 945 g/mol. The number of rotatable bonds is 18. The molecule has 0 saturated heterocycles. The Morgan fingerprint density at radius 2 is 0.685 bits per heavy atom. The van der Waals surface area contributed by atoms with Crippen LogP contribution in [0.5, 0.6) is 11.5 Å². The smallest absolute Gasteiger partial charge is 0.205 e. The summed E-state index contributed by atoms with van der Waals surface area (Å²) in [6.07, 6.45) is 1.70. The van der Waals surface area contributed by atoms with Crippen LogP contribution in [0.1, 0.15) is 52.7 Å². The molecule has 0 unspecified atom stereocenters. The van der Waals surface area contributed by atoms with Gasteiger partial charge in [-0.05, 0) is 59.4 Å². The van der Waals surface area contributed by atoms with Crippen LogP contribution >= 0.6 is 22.7 Å². The Labute approximate surface area is 434 Å². The molecule has 10 rings (SSSR count). The molecule has 0 spiro atoms. The van der Waals surface area contributed by atoms with Gasteiger partial charge in [-0.3, -0.25) is 9.59 Å². The number of phenolic OH excluding ortho intramolecular Hbond substituents is 2. The highest BCUT2D eigenvalue weighted by Crippen LogP contribution is 2.37. The van der Waals surface area contributed by atoms with Crippen LogP contribution in [0.2, 0.25) is 0 Å². The molecule has 0 atom stereocenters. The number of anilines is 2. The first-order valence-electron chi connectivity index (χ1n) is 23.8. The standard InChI is InChI=1S/2C31H26N2O2S.H2O/c2*34-27-18-16-24(17-19-27)22-33(21-20-23-10-4-1-5-11-23)31-32-28(25-12-6-2-7-13-25)30(36-31)29(35)26-14-8-3-9-15-26;/h2*1-19,34H,20-22H2;1H2. The maximum Gasteiger partial charge on any atom is 0.205 e. The zero-order valence-corrected chi connectivity index (χ0v) is 41.6. The zero-order valence-electron chi connectivity index (χ0n) is 40.0. The molecule has 0 aliphatic carbocycles. The second kappa shape index (κ2) is 25.1. The van der Waals surface area contributed by atoms with E-state index in [0.717, 1.165) is 58.4 Å². The second-order valence-electron chi connectivity index (χ2n) is 17.1. The lowest BCUT2D eigenvalue weighted by atomic mass is 10.1. The Hall–Kier alpha value is -8.48. The van der Waals surface area contributed by atoms with Gasteiger partial charge in [0.1, 0.15) is 21.3 Å². The fourth-order valence-corrected chi connectivity index (χ4v) is 10.3. The van der Waals surface area contributed by atoms with Crippen molar-refractivity contribution in [3.8, 4) is 34.0 Å². The first kappa shape index (κ1) is 50.9. The third-order valence-corrected chi connectivity index (χ3v) is 14.2. The number of carbonyl (C=O) groups excluding carboxylic acids is 2. The summed E-state index contributed by atoms with van der Waals surface area (Å²) in [6.45, 7) is 2.72. The van der Waals surface area contributed by atoms with Gasteiger partial charge in [-0.2, -0.15) is 0 Å². The predicted molar refractivity (Wildman–Crippen MR) is 297 cm³/mol. The third kappa shape index (κ3) is 13.5. The van der Waals surface area contributed by atoms with Crippen LogP contribution in [-0.4, -0.2) is 50.3 Å². The van der Waals surface area contributed by atoms with Gasteiger partial charge in [0, 0.05) is 48.4 Å². The molecule has 0 aliphatic heterocycles. The van der Waals surface area contributed by atoms with Crippen LogP contribution in [0.15, 0.2) is 231 Å². The van der Waals surface area contributed by atoms with Crippen LogP contribution < -0.4 is 9.80 Å². The molecule has 11 heteroatoms. The number of hydrogen-bond donors (Lipinski definition) is 2. The molecule has 10 aromatic rings. The molecule has 0 bridgehead atoms.